The number of rotatable bonds is 3. The number of benzene rings is 1. The average molecular weight is 298 g/mol. The van der Waals surface area contributed by atoms with Crippen LogP contribution in [0, 0.1) is 10.1 Å². The number of fused-ring (bicyclic) bond motifs is 1. The SMILES string of the molecule is CC(=O)c1cc([N+](=O)[O-])c2ncccc2c1C1CCCCC1. The second kappa shape index (κ2) is 5.83. The maximum Gasteiger partial charge on any atom is 0.296 e. The van der Waals surface area contributed by atoms with E-state index in [4.69, 9.17) is 0 Å². The fourth-order valence-corrected chi connectivity index (χ4v) is 3.52. The van der Waals surface area contributed by atoms with Crippen molar-refractivity contribution in [1.82, 2.24) is 4.98 Å². The van der Waals surface area contributed by atoms with Crippen LogP contribution in [0.4, 0.5) is 5.69 Å². The van der Waals surface area contributed by atoms with Crippen molar-refractivity contribution in [1.29, 1.82) is 0 Å². The lowest BCUT2D eigenvalue weighted by atomic mass is 9.79. The van der Waals surface area contributed by atoms with Crippen molar-refractivity contribution < 1.29 is 9.72 Å². The van der Waals surface area contributed by atoms with E-state index in [1.165, 1.54) is 19.4 Å². The number of ketones is 1. The molecule has 0 atom stereocenters. The Kier molecular flexibility index (Phi) is 3.88. The minimum absolute atomic E-state index is 0.0830. The van der Waals surface area contributed by atoms with Gasteiger partial charge in [-0.05, 0) is 37.3 Å². The summed E-state index contributed by atoms with van der Waals surface area (Å²) in [5.74, 6) is 0.176. The zero-order valence-corrected chi connectivity index (χ0v) is 12.5. The summed E-state index contributed by atoms with van der Waals surface area (Å²) in [6.45, 7) is 1.48. The van der Waals surface area contributed by atoms with Crippen molar-refractivity contribution in [2.45, 2.75) is 44.9 Å². The van der Waals surface area contributed by atoms with Crippen LogP contribution >= 0.6 is 0 Å². The molecule has 0 N–H and O–H groups in total. The number of carbonyl (C=O) groups excluding carboxylic acids is 1. The second-order valence-electron chi connectivity index (χ2n) is 5.90. The van der Waals surface area contributed by atoms with Gasteiger partial charge in [-0.15, -0.1) is 0 Å². The van der Waals surface area contributed by atoms with Crippen LogP contribution in [0.15, 0.2) is 24.4 Å². The molecule has 0 amide bonds. The molecule has 114 valence electrons. The molecule has 0 spiro atoms. The zero-order chi connectivity index (χ0) is 15.7. The summed E-state index contributed by atoms with van der Waals surface area (Å²) in [7, 11) is 0. The van der Waals surface area contributed by atoms with Gasteiger partial charge in [0.05, 0.1) is 4.92 Å². The number of nitrogens with zero attached hydrogens (tertiary/aromatic N) is 2. The Bertz CT molecular complexity index is 749. The van der Waals surface area contributed by atoms with Crippen LogP contribution in [0.3, 0.4) is 0 Å². The summed E-state index contributed by atoms with van der Waals surface area (Å²) in [5.41, 5.74) is 1.75. The average Bonchev–Trinajstić information content (AvgIpc) is 2.53. The van der Waals surface area contributed by atoms with Gasteiger partial charge in [-0.2, -0.15) is 0 Å². The van der Waals surface area contributed by atoms with Crippen molar-refractivity contribution in [3.63, 3.8) is 0 Å². The largest absolute Gasteiger partial charge is 0.296 e. The number of nitro groups is 1. The van der Waals surface area contributed by atoms with Crippen molar-refractivity contribution >= 4 is 22.4 Å². The van der Waals surface area contributed by atoms with Gasteiger partial charge in [0.2, 0.25) is 0 Å². The molecule has 1 fully saturated rings. The lowest BCUT2D eigenvalue weighted by Gasteiger charge is -2.25. The molecule has 5 heteroatoms. The fourth-order valence-electron chi connectivity index (χ4n) is 3.52. The van der Waals surface area contributed by atoms with Crippen LogP contribution in [0.25, 0.3) is 10.9 Å². The lowest BCUT2D eigenvalue weighted by molar-refractivity contribution is -0.383. The number of aromatic nitrogens is 1. The molecule has 5 nitrogen and oxygen atoms in total. The molecule has 1 saturated carbocycles. The van der Waals surface area contributed by atoms with Crippen LogP contribution in [-0.4, -0.2) is 15.7 Å². The first-order valence-corrected chi connectivity index (χ1v) is 7.66. The molecule has 0 unspecified atom stereocenters. The highest BCUT2D eigenvalue weighted by molar-refractivity contribution is 6.04. The lowest BCUT2D eigenvalue weighted by Crippen LogP contribution is -2.11. The Hall–Kier alpha value is -2.30. The van der Waals surface area contributed by atoms with Crippen LogP contribution in [0.5, 0.6) is 0 Å². The van der Waals surface area contributed by atoms with Gasteiger partial charge >= 0.3 is 0 Å². The molecule has 0 saturated heterocycles. The van der Waals surface area contributed by atoms with E-state index in [0.29, 0.717) is 17.0 Å². The summed E-state index contributed by atoms with van der Waals surface area (Å²) in [5, 5.41) is 12.1. The van der Waals surface area contributed by atoms with E-state index in [-0.39, 0.29) is 11.5 Å². The third-order valence-electron chi connectivity index (χ3n) is 4.50. The Morgan fingerprint density at radius 3 is 2.68 bits per heavy atom. The molecule has 1 aromatic heterocycles. The first-order chi connectivity index (χ1) is 10.6. The maximum absolute atomic E-state index is 12.1. The van der Waals surface area contributed by atoms with Crippen molar-refractivity contribution in [3.8, 4) is 0 Å². The van der Waals surface area contributed by atoms with Crippen LogP contribution < -0.4 is 0 Å². The standard InChI is InChI=1S/C17H18N2O3/c1-11(20)14-10-15(19(21)22)17-13(8-5-9-18-17)16(14)12-6-3-2-4-7-12/h5,8-10,12H,2-4,6-7H2,1H3. The number of hydrogen-bond donors (Lipinski definition) is 0. The van der Waals surface area contributed by atoms with Gasteiger partial charge in [-0.3, -0.25) is 14.9 Å². The van der Waals surface area contributed by atoms with E-state index in [2.05, 4.69) is 4.98 Å². The Morgan fingerprint density at radius 1 is 1.32 bits per heavy atom. The summed E-state index contributed by atoms with van der Waals surface area (Å²) >= 11 is 0. The van der Waals surface area contributed by atoms with Gasteiger partial charge in [-0.1, -0.05) is 25.3 Å². The monoisotopic (exact) mass is 298 g/mol. The van der Waals surface area contributed by atoms with Crippen molar-refractivity contribution in [3.05, 3.63) is 45.6 Å². The topological polar surface area (TPSA) is 73.1 Å². The molecule has 1 aliphatic rings. The van der Waals surface area contributed by atoms with E-state index in [0.717, 1.165) is 36.6 Å². The highest BCUT2D eigenvalue weighted by Gasteiger charge is 2.27. The van der Waals surface area contributed by atoms with Crippen LogP contribution in [0.2, 0.25) is 0 Å². The number of carbonyl (C=O) groups is 1. The van der Waals surface area contributed by atoms with E-state index < -0.39 is 4.92 Å². The normalized spacial score (nSPS) is 15.9. The van der Waals surface area contributed by atoms with E-state index in [1.807, 2.05) is 6.07 Å². The van der Waals surface area contributed by atoms with Gasteiger partial charge in [0.1, 0.15) is 5.52 Å². The zero-order valence-electron chi connectivity index (χ0n) is 12.5. The predicted molar refractivity (Wildman–Crippen MR) is 84.2 cm³/mol. The molecule has 1 aliphatic carbocycles. The highest BCUT2D eigenvalue weighted by Crippen LogP contribution is 2.40. The van der Waals surface area contributed by atoms with Gasteiger partial charge < -0.3 is 0 Å². The first kappa shape index (κ1) is 14.6. The molecule has 1 aromatic carbocycles. The minimum atomic E-state index is -0.452. The molecule has 0 aliphatic heterocycles. The highest BCUT2D eigenvalue weighted by atomic mass is 16.6. The Balaban J connectivity index is 2.32. The molecular weight excluding hydrogens is 280 g/mol. The third kappa shape index (κ3) is 2.47. The van der Waals surface area contributed by atoms with Crippen molar-refractivity contribution in [2.24, 2.45) is 0 Å². The molecule has 0 radical (unpaired) electrons. The minimum Gasteiger partial charge on any atom is -0.294 e. The smallest absolute Gasteiger partial charge is 0.294 e. The maximum atomic E-state index is 12.1. The molecule has 0 bridgehead atoms. The fraction of sp³-hybridized carbons (Fsp3) is 0.412. The first-order valence-electron chi connectivity index (χ1n) is 7.66. The van der Waals surface area contributed by atoms with Crippen LogP contribution in [0.1, 0.15) is 60.9 Å². The number of Topliss-reactive ketones (excluding diaryl/α,β-unsaturated/α-hetero) is 1. The number of nitro benzene ring substituents is 1. The van der Waals surface area contributed by atoms with Gasteiger partial charge in [0, 0.05) is 23.2 Å². The molecule has 22 heavy (non-hydrogen) atoms. The molecule has 2 aromatic rings. The van der Waals surface area contributed by atoms with E-state index in [1.54, 1.807) is 12.3 Å². The molecular formula is C17H18N2O3. The van der Waals surface area contributed by atoms with E-state index in [9.17, 15) is 14.9 Å². The van der Waals surface area contributed by atoms with Gasteiger partial charge in [0.25, 0.3) is 5.69 Å². The second-order valence-corrected chi connectivity index (χ2v) is 5.90. The summed E-state index contributed by atoms with van der Waals surface area (Å²) < 4.78 is 0. The van der Waals surface area contributed by atoms with Crippen molar-refractivity contribution in [2.75, 3.05) is 0 Å². The van der Waals surface area contributed by atoms with E-state index >= 15 is 0 Å². The summed E-state index contributed by atoms with van der Waals surface area (Å²) in [6, 6.07) is 5.05. The number of non-ortho nitro benzene ring substituents is 1. The quantitative estimate of drug-likeness (QED) is 0.478. The van der Waals surface area contributed by atoms with Gasteiger partial charge in [-0.25, -0.2) is 4.98 Å². The third-order valence-corrected chi connectivity index (χ3v) is 4.50. The number of hydrogen-bond acceptors (Lipinski definition) is 4. The van der Waals surface area contributed by atoms with Crippen LogP contribution in [-0.2, 0) is 0 Å². The molecule has 3 rings (SSSR count). The van der Waals surface area contributed by atoms with Gasteiger partial charge in [0.15, 0.2) is 5.78 Å². The Morgan fingerprint density at radius 2 is 2.05 bits per heavy atom. The summed E-state index contributed by atoms with van der Waals surface area (Å²) in [6.07, 6.45) is 7.12. The Labute approximate surface area is 128 Å². The summed E-state index contributed by atoms with van der Waals surface area (Å²) in [4.78, 5) is 27.2. The number of pyridine rings is 1. The predicted octanol–water partition coefficient (Wildman–Crippen LogP) is 4.39. The molecule has 1 heterocycles.